The average molecular weight is 403 g/mol. The summed E-state index contributed by atoms with van der Waals surface area (Å²) < 4.78 is 39.8. The number of rotatable bonds is 4. The van der Waals surface area contributed by atoms with Crippen molar-refractivity contribution in [2.75, 3.05) is 4.31 Å². The number of nitrogens with one attached hydrogen (secondary N) is 1. The van der Waals surface area contributed by atoms with E-state index in [9.17, 15) is 18.0 Å². The van der Waals surface area contributed by atoms with Crippen LogP contribution in [0, 0.1) is 5.92 Å². The molecule has 0 aliphatic heterocycles. The van der Waals surface area contributed by atoms with Gasteiger partial charge in [0.2, 0.25) is 0 Å². The highest BCUT2D eigenvalue weighted by atomic mass is 32.1. The molecule has 0 bridgehead atoms. The molecule has 1 aliphatic carbocycles. The number of benzene rings is 1. The number of alkyl halides is 3. The van der Waals surface area contributed by atoms with Crippen molar-refractivity contribution >= 4 is 24.5 Å². The maximum absolute atomic E-state index is 12.8. The number of anilines is 1. The molecule has 0 aromatic heterocycles. The van der Waals surface area contributed by atoms with Crippen LogP contribution in [0.15, 0.2) is 18.2 Å². The van der Waals surface area contributed by atoms with E-state index in [0.717, 1.165) is 16.8 Å². The van der Waals surface area contributed by atoms with Crippen molar-refractivity contribution in [1.82, 2.24) is 5.32 Å². The molecule has 1 fully saturated rings. The molecule has 0 unspecified atom stereocenters. The molecular formula is C20H29F3N2OS. The highest BCUT2D eigenvalue weighted by Gasteiger charge is 2.41. The number of hydrogen-bond donors (Lipinski definition) is 2. The fourth-order valence-electron chi connectivity index (χ4n) is 3.66. The van der Waals surface area contributed by atoms with Gasteiger partial charge in [-0.25, -0.2) is 9.10 Å². The first-order valence-corrected chi connectivity index (χ1v) is 9.91. The molecule has 1 N–H and O–H groups in total. The minimum Gasteiger partial charge on any atom is -0.334 e. The topological polar surface area (TPSA) is 32.3 Å². The predicted molar refractivity (Wildman–Crippen MR) is 106 cm³/mol. The molecule has 1 aliphatic rings. The minimum atomic E-state index is -4.15. The zero-order valence-corrected chi connectivity index (χ0v) is 17.2. The van der Waals surface area contributed by atoms with Crippen LogP contribution in [0.1, 0.15) is 76.3 Å². The average Bonchev–Trinajstić information content (AvgIpc) is 2.59. The van der Waals surface area contributed by atoms with Gasteiger partial charge in [0.05, 0.1) is 11.6 Å². The fourth-order valence-corrected chi connectivity index (χ4v) is 3.95. The summed E-state index contributed by atoms with van der Waals surface area (Å²) in [6, 6.07) is 5.31. The molecule has 1 saturated carbocycles. The molecule has 0 radical (unpaired) electrons. The highest BCUT2D eigenvalue weighted by molar-refractivity contribution is 7.82. The molecule has 0 heterocycles. The second-order valence-corrected chi connectivity index (χ2v) is 8.35. The molecule has 2 rings (SSSR count). The Bertz CT molecular complexity index is 627. The van der Waals surface area contributed by atoms with Gasteiger partial charge in [-0.1, -0.05) is 58.7 Å². The van der Waals surface area contributed by atoms with E-state index >= 15 is 0 Å². The summed E-state index contributed by atoms with van der Waals surface area (Å²) in [5, 5.41) is 2.86. The molecule has 1 aromatic carbocycles. The number of nitrogens with zero attached hydrogens (tertiary/aromatic N) is 1. The van der Waals surface area contributed by atoms with Crippen LogP contribution >= 0.6 is 12.8 Å². The lowest BCUT2D eigenvalue weighted by Crippen LogP contribution is -2.44. The van der Waals surface area contributed by atoms with E-state index in [0.29, 0.717) is 12.8 Å². The minimum absolute atomic E-state index is 0.0564. The third-order valence-electron chi connectivity index (χ3n) is 5.26. The lowest BCUT2D eigenvalue weighted by Gasteiger charge is -2.32. The summed E-state index contributed by atoms with van der Waals surface area (Å²) >= 11 is 4.45. The number of amides is 2. The van der Waals surface area contributed by atoms with Crippen LogP contribution in [-0.2, 0) is 0 Å². The Hall–Kier alpha value is -1.37. The second kappa shape index (κ2) is 8.76. The van der Waals surface area contributed by atoms with Crippen LogP contribution in [0.3, 0.4) is 0 Å². The van der Waals surface area contributed by atoms with Gasteiger partial charge in [-0.2, -0.15) is 13.2 Å². The Balaban J connectivity index is 2.12. The SMILES string of the molecule is CC(C)c1cccc(C(C)C)c1N(S)C(=O)NC1CCC(C(F)(F)F)CC1. The molecular weight excluding hydrogens is 373 g/mol. The summed E-state index contributed by atoms with van der Waals surface area (Å²) in [5.74, 6) is -0.835. The Labute approximate surface area is 165 Å². The molecule has 7 heteroatoms. The van der Waals surface area contributed by atoms with Gasteiger partial charge >= 0.3 is 12.2 Å². The normalized spacial score (nSPS) is 20.8. The van der Waals surface area contributed by atoms with Crippen molar-refractivity contribution in [3.8, 4) is 0 Å². The number of hydrogen-bond acceptors (Lipinski definition) is 2. The molecule has 2 amide bonds. The molecule has 0 saturated heterocycles. The smallest absolute Gasteiger partial charge is 0.334 e. The summed E-state index contributed by atoms with van der Waals surface area (Å²) in [4.78, 5) is 12.8. The number of carbonyl (C=O) groups is 1. The number of halogens is 3. The molecule has 3 nitrogen and oxygen atoms in total. The summed E-state index contributed by atoms with van der Waals surface area (Å²) in [6.07, 6.45) is -3.37. The molecule has 0 spiro atoms. The zero-order valence-electron chi connectivity index (χ0n) is 16.3. The van der Waals surface area contributed by atoms with E-state index in [4.69, 9.17) is 0 Å². The summed E-state index contributed by atoms with van der Waals surface area (Å²) in [5.41, 5.74) is 2.81. The van der Waals surface area contributed by atoms with Crippen molar-refractivity contribution in [3.63, 3.8) is 0 Å². The van der Waals surface area contributed by atoms with Gasteiger partial charge in [-0.15, -0.1) is 0 Å². The molecule has 152 valence electrons. The van der Waals surface area contributed by atoms with Gasteiger partial charge < -0.3 is 5.32 Å². The monoisotopic (exact) mass is 402 g/mol. The molecule has 1 aromatic rings. The van der Waals surface area contributed by atoms with Gasteiger partial charge in [0, 0.05) is 6.04 Å². The van der Waals surface area contributed by atoms with Crippen molar-refractivity contribution in [1.29, 1.82) is 0 Å². The third kappa shape index (κ3) is 5.33. The van der Waals surface area contributed by atoms with Gasteiger partial charge in [-0.05, 0) is 48.6 Å². The van der Waals surface area contributed by atoms with Gasteiger partial charge in [-0.3, -0.25) is 0 Å². The lowest BCUT2D eigenvalue weighted by atomic mass is 9.85. The Morgan fingerprint density at radius 2 is 1.56 bits per heavy atom. The number of urea groups is 1. The second-order valence-electron chi connectivity index (χ2n) is 7.95. The standard InChI is InChI=1S/C20H29F3N2OS/c1-12(2)16-6-5-7-17(13(3)4)18(16)25(27)19(26)24-15-10-8-14(9-11-15)20(21,22)23/h5-7,12-15,27H,8-11H2,1-4H3,(H,24,26). The van der Waals surface area contributed by atoms with Crippen LogP contribution in [0.4, 0.5) is 23.7 Å². The maximum Gasteiger partial charge on any atom is 0.391 e. The molecule has 27 heavy (non-hydrogen) atoms. The van der Waals surface area contributed by atoms with E-state index in [1.165, 1.54) is 4.31 Å². The van der Waals surface area contributed by atoms with Crippen molar-refractivity contribution in [2.45, 2.75) is 77.4 Å². The van der Waals surface area contributed by atoms with Crippen LogP contribution in [0.2, 0.25) is 0 Å². The van der Waals surface area contributed by atoms with Crippen LogP contribution in [-0.4, -0.2) is 18.2 Å². The number of para-hydroxylation sites is 1. The van der Waals surface area contributed by atoms with E-state index in [1.807, 2.05) is 18.2 Å². The molecule has 0 atom stereocenters. The Morgan fingerprint density at radius 3 is 1.96 bits per heavy atom. The van der Waals surface area contributed by atoms with Gasteiger partial charge in [0.1, 0.15) is 0 Å². The predicted octanol–water partition coefficient (Wildman–Crippen LogP) is 6.42. The van der Waals surface area contributed by atoms with Crippen molar-refractivity contribution < 1.29 is 18.0 Å². The van der Waals surface area contributed by atoms with Gasteiger partial charge in [0.25, 0.3) is 0 Å². The highest BCUT2D eigenvalue weighted by Crippen LogP contribution is 2.38. The van der Waals surface area contributed by atoms with E-state index in [1.54, 1.807) is 0 Å². The number of thiol groups is 1. The third-order valence-corrected chi connectivity index (χ3v) is 5.65. The lowest BCUT2D eigenvalue weighted by molar-refractivity contribution is -0.182. The first-order chi connectivity index (χ1) is 12.5. The summed E-state index contributed by atoms with van der Waals surface area (Å²) in [7, 11) is 0. The van der Waals surface area contributed by atoms with Crippen molar-refractivity contribution in [3.05, 3.63) is 29.3 Å². The summed E-state index contributed by atoms with van der Waals surface area (Å²) in [6.45, 7) is 8.23. The maximum atomic E-state index is 12.8. The quantitative estimate of drug-likeness (QED) is 0.560. The van der Waals surface area contributed by atoms with Crippen LogP contribution < -0.4 is 9.62 Å². The van der Waals surface area contributed by atoms with Gasteiger partial charge in [0.15, 0.2) is 0 Å². The van der Waals surface area contributed by atoms with Crippen LogP contribution in [0.25, 0.3) is 0 Å². The van der Waals surface area contributed by atoms with E-state index in [2.05, 4.69) is 45.8 Å². The van der Waals surface area contributed by atoms with E-state index in [-0.39, 0.29) is 36.8 Å². The fraction of sp³-hybridized carbons (Fsp3) is 0.650. The van der Waals surface area contributed by atoms with Crippen molar-refractivity contribution in [2.24, 2.45) is 5.92 Å². The zero-order chi connectivity index (χ0) is 20.4. The van der Waals surface area contributed by atoms with E-state index < -0.39 is 12.1 Å². The first kappa shape index (κ1) is 21.9. The largest absolute Gasteiger partial charge is 0.391 e. The Morgan fingerprint density at radius 1 is 1.07 bits per heavy atom. The van der Waals surface area contributed by atoms with Crippen LogP contribution in [0.5, 0.6) is 0 Å². The first-order valence-electron chi connectivity index (χ1n) is 9.51. The Kier molecular flexibility index (Phi) is 7.11. The number of carbonyl (C=O) groups excluding carboxylic acids is 1.